The number of fused-ring (bicyclic) bond motifs is 2. The number of rotatable bonds is 0. The first kappa shape index (κ1) is 9.55. The first-order valence-corrected chi connectivity index (χ1v) is 5.66. The van der Waals surface area contributed by atoms with Gasteiger partial charge in [-0.25, -0.2) is 0 Å². The molecule has 0 N–H and O–H groups in total. The molecule has 82 valence electrons. The molecule has 2 atom stereocenters. The summed E-state index contributed by atoms with van der Waals surface area (Å²) >= 11 is 0. The Bertz CT molecular complexity index is 328. The molecule has 3 nitrogen and oxygen atoms in total. The predicted molar refractivity (Wildman–Crippen MR) is 54.2 cm³/mol. The molecule has 0 aromatic heterocycles. The van der Waals surface area contributed by atoms with Crippen LogP contribution in [-0.4, -0.2) is 24.8 Å². The summed E-state index contributed by atoms with van der Waals surface area (Å²) in [5.74, 6) is 0.204. The van der Waals surface area contributed by atoms with Gasteiger partial charge in [-0.2, -0.15) is 0 Å². The lowest BCUT2D eigenvalue weighted by molar-refractivity contribution is -0.209. The fourth-order valence-corrected chi connectivity index (χ4v) is 3.31. The SMILES string of the molecule is C[C@@]12C=CC(=O)C[C@@H]1CCC21OCCO1. The van der Waals surface area contributed by atoms with Crippen molar-refractivity contribution in [2.24, 2.45) is 11.3 Å². The van der Waals surface area contributed by atoms with Crippen LogP contribution in [0.15, 0.2) is 12.2 Å². The largest absolute Gasteiger partial charge is 0.347 e. The minimum atomic E-state index is -0.436. The fraction of sp³-hybridized carbons (Fsp3) is 0.750. The number of allylic oxidation sites excluding steroid dienone is 1. The quantitative estimate of drug-likeness (QED) is 0.607. The number of hydrogen-bond acceptors (Lipinski definition) is 3. The van der Waals surface area contributed by atoms with E-state index >= 15 is 0 Å². The fourth-order valence-electron chi connectivity index (χ4n) is 3.31. The van der Waals surface area contributed by atoms with Crippen LogP contribution in [0.2, 0.25) is 0 Å². The molecule has 3 aliphatic rings. The van der Waals surface area contributed by atoms with Gasteiger partial charge in [0.2, 0.25) is 0 Å². The third-order valence-electron chi connectivity index (χ3n) is 4.31. The summed E-state index contributed by atoms with van der Waals surface area (Å²) in [4.78, 5) is 11.4. The van der Waals surface area contributed by atoms with E-state index in [1.807, 2.05) is 6.08 Å². The van der Waals surface area contributed by atoms with Gasteiger partial charge in [0.15, 0.2) is 11.6 Å². The van der Waals surface area contributed by atoms with E-state index in [1.54, 1.807) is 6.08 Å². The molecule has 1 aliphatic heterocycles. The van der Waals surface area contributed by atoms with Gasteiger partial charge in [0.1, 0.15) is 0 Å². The Hall–Kier alpha value is -0.670. The van der Waals surface area contributed by atoms with E-state index in [-0.39, 0.29) is 11.2 Å². The second-order valence-corrected chi connectivity index (χ2v) is 4.97. The van der Waals surface area contributed by atoms with Crippen molar-refractivity contribution >= 4 is 5.78 Å². The summed E-state index contributed by atoms with van der Waals surface area (Å²) < 4.78 is 11.6. The van der Waals surface area contributed by atoms with Crippen molar-refractivity contribution in [1.82, 2.24) is 0 Å². The average molecular weight is 208 g/mol. The molecule has 1 spiro atoms. The van der Waals surface area contributed by atoms with Crippen molar-refractivity contribution in [3.05, 3.63) is 12.2 Å². The van der Waals surface area contributed by atoms with Gasteiger partial charge in [-0.1, -0.05) is 13.0 Å². The Morgan fingerprint density at radius 1 is 1.40 bits per heavy atom. The first-order chi connectivity index (χ1) is 7.16. The van der Waals surface area contributed by atoms with Gasteiger partial charge in [0, 0.05) is 18.3 Å². The smallest absolute Gasteiger partial charge is 0.177 e. The highest BCUT2D eigenvalue weighted by molar-refractivity contribution is 5.91. The predicted octanol–water partition coefficient (Wildman–Crippen LogP) is 1.67. The summed E-state index contributed by atoms with van der Waals surface area (Å²) in [5, 5.41) is 0. The molecular weight excluding hydrogens is 192 g/mol. The van der Waals surface area contributed by atoms with Crippen molar-refractivity contribution in [3.63, 3.8) is 0 Å². The molecule has 1 saturated heterocycles. The van der Waals surface area contributed by atoms with Crippen LogP contribution in [0.25, 0.3) is 0 Å². The maximum Gasteiger partial charge on any atom is 0.177 e. The van der Waals surface area contributed by atoms with Crippen molar-refractivity contribution in [2.75, 3.05) is 13.2 Å². The zero-order chi connectivity index (χ0) is 10.5. The molecule has 0 aromatic carbocycles. The number of ketones is 1. The monoisotopic (exact) mass is 208 g/mol. The number of hydrogen-bond donors (Lipinski definition) is 0. The normalized spacial score (nSPS) is 42.5. The lowest BCUT2D eigenvalue weighted by Gasteiger charge is -2.41. The van der Waals surface area contributed by atoms with Crippen LogP contribution in [0.4, 0.5) is 0 Å². The number of carbonyl (C=O) groups excluding carboxylic acids is 1. The van der Waals surface area contributed by atoms with E-state index in [2.05, 4.69) is 6.92 Å². The third kappa shape index (κ3) is 1.11. The molecule has 0 aromatic rings. The number of ether oxygens (including phenoxy) is 2. The van der Waals surface area contributed by atoms with Crippen LogP contribution in [0, 0.1) is 11.3 Å². The van der Waals surface area contributed by atoms with E-state index in [1.165, 1.54) is 0 Å². The standard InChI is InChI=1S/C12H16O3/c1-11-4-3-10(13)8-9(11)2-5-12(11)14-6-7-15-12/h3-4,9H,2,5-8H2,1H3/t9-,11+/m0/s1. The van der Waals surface area contributed by atoms with Crippen molar-refractivity contribution in [1.29, 1.82) is 0 Å². The third-order valence-corrected chi connectivity index (χ3v) is 4.31. The molecule has 15 heavy (non-hydrogen) atoms. The van der Waals surface area contributed by atoms with E-state index in [0.29, 0.717) is 25.6 Å². The van der Waals surface area contributed by atoms with Crippen LogP contribution in [0.1, 0.15) is 26.2 Å². The van der Waals surface area contributed by atoms with Gasteiger partial charge in [0.05, 0.1) is 13.2 Å². The molecule has 0 amide bonds. The Kier molecular flexibility index (Phi) is 1.86. The van der Waals surface area contributed by atoms with Gasteiger partial charge >= 0.3 is 0 Å². The molecule has 0 radical (unpaired) electrons. The molecule has 2 fully saturated rings. The molecule has 1 saturated carbocycles. The van der Waals surface area contributed by atoms with Gasteiger partial charge in [0.25, 0.3) is 0 Å². The van der Waals surface area contributed by atoms with Gasteiger partial charge in [-0.05, 0) is 18.4 Å². The van der Waals surface area contributed by atoms with E-state index in [9.17, 15) is 4.79 Å². The highest BCUT2D eigenvalue weighted by Crippen LogP contribution is 2.57. The van der Waals surface area contributed by atoms with E-state index in [0.717, 1.165) is 12.8 Å². The van der Waals surface area contributed by atoms with Crippen LogP contribution < -0.4 is 0 Å². The molecule has 1 heterocycles. The summed E-state index contributed by atoms with van der Waals surface area (Å²) in [6, 6.07) is 0. The number of carbonyl (C=O) groups is 1. The lowest BCUT2D eigenvalue weighted by atomic mass is 9.71. The zero-order valence-electron chi connectivity index (χ0n) is 8.99. The Labute approximate surface area is 89.4 Å². The van der Waals surface area contributed by atoms with Crippen molar-refractivity contribution in [3.8, 4) is 0 Å². The highest BCUT2D eigenvalue weighted by atomic mass is 16.7. The highest BCUT2D eigenvalue weighted by Gasteiger charge is 2.60. The Morgan fingerprint density at radius 3 is 2.87 bits per heavy atom. The molecule has 2 aliphatic carbocycles. The van der Waals surface area contributed by atoms with Crippen LogP contribution >= 0.6 is 0 Å². The van der Waals surface area contributed by atoms with Gasteiger partial charge in [-0.15, -0.1) is 0 Å². The molecule has 0 unspecified atom stereocenters. The van der Waals surface area contributed by atoms with Crippen molar-refractivity contribution in [2.45, 2.75) is 32.0 Å². The first-order valence-electron chi connectivity index (χ1n) is 5.66. The van der Waals surface area contributed by atoms with Crippen molar-refractivity contribution < 1.29 is 14.3 Å². The minimum absolute atomic E-state index is 0.0998. The van der Waals surface area contributed by atoms with E-state index in [4.69, 9.17) is 9.47 Å². The zero-order valence-corrected chi connectivity index (χ0v) is 8.99. The molecule has 0 bridgehead atoms. The van der Waals surface area contributed by atoms with Gasteiger partial charge in [-0.3, -0.25) is 4.79 Å². The summed E-state index contributed by atoms with van der Waals surface area (Å²) in [6.45, 7) is 3.53. The summed E-state index contributed by atoms with van der Waals surface area (Å²) in [7, 11) is 0. The summed E-state index contributed by atoms with van der Waals surface area (Å²) in [5.41, 5.74) is -0.0998. The lowest BCUT2D eigenvalue weighted by Crippen LogP contribution is -2.46. The molecular formula is C12H16O3. The average Bonchev–Trinajstić information content (AvgIpc) is 2.78. The second kappa shape index (κ2) is 2.92. The Balaban J connectivity index is 2.01. The van der Waals surface area contributed by atoms with Crippen LogP contribution in [0.3, 0.4) is 0 Å². The maximum atomic E-state index is 11.4. The maximum absolute atomic E-state index is 11.4. The van der Waals surface area contributed by atoms with Gasteiger partial charge < -0.3 is 9.47 Å². The van der Waals surface area contributed by atoms with E-state index < -0.39 is 5.79 Å². The van der Waals surface area contributed by atoms with Crippen LogP contribution in [-0.2, 0) is 14.3 Å². The minimum Gasteiger partial charge on any atom is -0.347 e. The summed E-state index contributed by atoms with van der Waals surface area (Å²) in [6.07, 6.45) is 6.33. The second-order valence-electron chi connectivity index (χ2n) is 4.97. The topological polar surface area (TPSA) is 35.5 Å². The molecule has 3 heteroatoms. The molecule has 3 rings (SSSR count). The van der Waals surface area contributed by atoms with Crippen LogP contribution in [0.5, 0.6) is 0 Å². The Morgan fingerprint density at radius 2 is 2.13 bits per heavy atom.